The summed E-state index contributed by atoms with van der Waals surface area (Å²) in [5, 5.41) is 11.2. The third-order valence-electron chi connectivity index (χ3n) is 11.2. The van der Waals surface area contributed by atoms with E-state index in [9.17, 15) is 9.90 Å². The number of aliphatic hydroxyl groups is 1. The van der Waals surface area contributed by atoms with Gasteiger partial charge in [-0.25, -0.2) is 0 Å². The van der Waals surface area contributed by atoms with E-state index in [-0.39, 0.29) is 46.6 Å². The van der Waals surface area contributed by atoms with Gasteiger partial charge in [0.05, 0.1) is 12.2 Å². The number of hydrogen-bond donors (Lipinski definition) is 1. The first-order valence-corrected chi connectivity index (χ1v) is 11.8. The second-order valence-corrected chi connectivity index (χ2v) is 11.5. The number of carbonyl (C=O) groups excluding carboxylic acids is 1. The number of hydrogen-bond acceptors (Lipinski definition) is 5. The molecule has 5 aliphatic carbocycles. The smallest absolute Gasteiger partial charge is 0.303 e. The quantitative estimate of drug-likeness (QED) is 0.572. The van der Waals surface area contributed by atoms with Crippen LogP contribution in [-0.4, -0.2) is 53.1 Å². The van der Waals surface area contributed by atoms with Gasteiger partial charge in [0.25, 0.3) is 0 Å². The molecule has 5 heteroatoms. The van der Waals surface area contributed by atoms with Crippen LogP contribution in [0.2, 0.25) is 0 Å². The van der Waals surface area contributed by atoms with Gasteiger partial charge in [-0.15, -0.1) is 0 Å². The Kier molecular flexibility index (Phi) is 3.02. The highest BCUT2D eigenvalue weighted by Crippen LogP contribution is 2.86. The van der Waals surface area contributed by atoms with E-state index in [1.165, 1.54) is 19.8 Å². The summed E-state index contributed by atoms with van der Waals surface area (Å²) in [5.41, 5.74) is 1.24. The third-order valence-corrected chi connectivity index (χ3v) is 11.2. The van der Waals surface area contributed by atoms with Crippen molar-refractivity contribution in [2.75, 3.05) is 6.54 Å². The molecule has 4 heterocycles. The van der Waals surface area contributed by atoms with E-state index in [0.29, 0.717) is 29.9 Å². The van der Waals surface area contributed by atoms with Gasteiger partial charge in [0.1, 0.15) is 12.3 Å². The predicted molar refractivity (Wildman–Crippen MR) is 106 cm³/mol. The first-order valence-electron chi connectivity index (χ1n) is 11.8. The molecule has 5 nitrogen and oxygen atoms in total. The molecule has 0 aromatic heterocycles. The summed E-state index contributed by atoms with van der Waals surface area (Å²) in [5.74, 6) is 1.42. The summed E-state index contributed by atoms with van der Waals surface area (Å²) in [6.07, 6.45) is 5.35. The van der Waals surface area contributed by atoms with Gasteiger partial charge in [0, 0.05) is 35.1 Å². The van der Waals surface area contributed by atoms with Crippen LogP contribution in [0.4, 0.5) is 0 Å². The van der Waals surface area contributed by atoms with Crippen molar-refractivity contribution in [2.24, 2.45) is 39.9 Å². The Hall–Kier alpha value is -0.910. The van der Waals surface area contributed by atoms with Gasteiger partial charge in [0.15, 0.2) is 0 Å². The predicted octanol–water partition coefficient (Wildman–Crippen LogP) is 2.73. The van der Waals surface area contributed by atoms with Crippen molar-refractivity contribution in [1.82, 2.24) is 4.90 Å². The van der Waals surface area contributed by atoms with Crippen LogP contribution in [0.3, 0.4) is 0 Å². The van der Waals surface area contributed by atoms with Gasteiger partial charge in [-0.2, -0.15) is 0 Å². The lowest BCUT2D eigenvalue weighted by atomic mass is 9.41. The fourth-order valence-corrected chi connectivity index (χ4v) is 10.8. The Morgan fingerprint density at radius 2 is 2.17 bits per heavy atom. The lowest BCUT2D eigenvalue weighted by Gasteiger charge is -2.73. The highest BCUT2D eigenvalue weighted by Gasteiger charge is 2.89. The molecule has 9 aliphatic rings. The highest BCUT2D eigenvalue weighted by atomic mass is 16.5. The van der Waals surface area contributed by atoms with Crippen molar-refractivity contribution >= 4 is 5.97 Å². The van der Waals surface area contributed by atoms with E-state index >= 15 is 0 Å². The molecule has 12 atom stereocenters. The van der Waals surface area contributed by atoms with Crippen LogP contribution in [0.1, 0.15) is 52.9 Å². The maximum atomic E-state index is 12.1. The molecule has 4 saturated heterocycles. The average molecular weight is 400 g/mol. The Balaban J connectivity index is 1.47. The summed E-state index contributed by atoms with van der Waals surface area (Å²) in [4.78, 5) is 14.8. The fraction of sp³-hybridized carbons (Fsp3) is 0.875. The van der Waals surface area contributed by atoms with E-state index in [0.717, 1.165) is 31.4 Å². The van der Waals surface area contributed by atoms with Gasteiger partial charge >= 0.3 is 5.97 Å². The van der Waals surface area contributed by atoms with Crippen LogP contribution in [0.25, 0.3) is 0 Å². The minimum atomic E-state index is -0.366. The second kappa shape index (κ2) is 4.94. The molecule has 1 N–H and O–H groups in total. The maximum Gasteiger partial charge on any atom is 0.303 e. The summed E-state index contributed by atoms with van der Waals surface area (Å²) >= 11 is 0. The summed E-state index contributed by atoms with van der Waals surface area (Å²) in [6.45, 7) is 11.7. The Bertz CT molecular complexity index is 843. The van der Waals surface area contributed by atoms with Crippen LogP contribution < -0.4 is 0 Å². The lowest BCUT2D eigenvalue weighted by molar-refractivity contribution is -0.372. The molecule has 2 spiro atoms. The zero-order valence-electron chi connectivity index (χ0n) is 17.8. The maximum absolute atomic E-state index is 12.1. The molecule has 9 fully saturated rings. The van der Waals surface area contributed by atoms with Gasteiger partial charge in [-0.3, -0.25) is 9.69 Å². The summed E-state index contributed by atoms with van der Waals surface area (Å²) in [6, 6.07) is 0.509. The number of fused-ring (bicyclic) bond motifs is 2. The monoisotopic (exact) mass is 399 g/mol. The van der Waals surface area contributed by atoms with Crippen molar-refractivity contribution in [3.8, 4) is 0 Å². The minimum Gasteiger partial charge on any atom is -0.457 e. The van der Waals surface area contributed by atoms with Crippen molar-refractivity contribution in [2.45, 2.75) is 83.5 Å². The number of aliphatic hydroxyl groups excluding tert-OH is 1. The SMILES string of the molecule is C=C1[C@@H](OC(C)=O)[C@]23C[C@@H]1[C@@H](O)CC2[C@@]12C4[C@@H]3C[C@@H]1[C@@]1(C)CC[C@@H]2OC1N4CC. The van der Waals surface area contributed by atoms with Crippen LogP contribution in [-0.2, 0) is 14.3 Å². The fourth-order valence-electron chi connectivity index (χ4n) is 10.8. The number of rotatable bonds is 2. The number of ether oxygens (including phenoxy) is 2. The van der Waals surface area contributed by atoms with Crippen LogP contribution >= 0.6 is 0 Å². The molecule has 0 aromatic carbocycles. The molecular formula is C24H33NO4. The molecule has 3 unspecified atom stereocenters. The molecule has 0 radical (unpaired) electrons. The number of piperidine rings is 1. The van der Waals surface area contributed by atoms with Crippen molar-refractivity contribution < 1.29 is 19.4 Å². The van der Waals surface area contributed by atoms with Crippen molar-refractivity contribution in [3.63, 3.8) is 0 Å². The highest BCUT2D eigenvalue weighted by molar-refractivity contribution is 5.67. The largest absolute Gasteiger partial charge is 0.457 e. The van der Waals surface area contributed by atoms with Crippen LogP contribution in [0.5, 0.6) is 0 Å². The van der Waals surface area contributed by atoms with Crippen molar-refractivity contribution in [3.05, 3.63) is 12.2 Å². The molecule has 4 aliphatic heterocycles. The molecule has 0 amide bonds. The molecule has 0 aromatic rings. The molecule has 9 bridgehead atoms. The average Bonchev–Trinajstić information content (AvgIpc) is 3.22. The molecule has 5 saturated carbocycles. The van der Waals surface area contributed by atoms with Crippen molar-refractivity contribution in [1.29, 1.82) is 0 Å². The normalized spacial score (nSPS) is 63.3. The third kappa shape index (κ3) is 1.52. The Morgan fingerprint density at radius 1 is 1.38 bits per heavy atom. The van der Waals surface area contributed by atoms with E-state index in [1.54, 1.807) is 0 Å². The van der Waals surface area contributed by atoms with Gasteiger partial charge in [-0.05, 0) is 62.0 Å². The van der Waals surface area contributed by atoms with Crippen LogP contribution in [0.15, 0.2) is 12.2 Å². The molecule has 9 rings (SSSR count). The zero-order valence-corrected chi connectivity index (χ0v) is 17.8. The second-order valence-electron chi connectivity index (χ2n) is 11.5. The van der Waals surface area contributed by atoms with E-state index in [4.69, 9.17) is 9.47 Å². The van der Waals surface area contributed by atoms with E-state index in [2.05, 4.69) is 25.3 Å². The van der Waals surface area contributed by atoms with Gasteiger partial charge < -0.3 is 14.6 Å². The zero-order chi connectivity index (χ0) is 20.1. The molecule has 29 heavy (non-hydrogen) atoms. The molecular weight excluding hydrogens is 366 g/mol. The van der Waals surface area contributed by atoms with Gasteiger partial charge in [0.2, 0.25) is 0 Å². The van der Waals surface area contributed by atoms with E-state index in [1.807, 2.05) is 0 Å². The Labute approximate surface area is 172 Å². The first kappa shape index (κ1) is 17.7. The van der Waals surface area contributed by atoms with E-state index < -0.39 is 0 Å². The number of esters is 1. The lowest BCUT2D eigenvalue weighted by Crippen LogP contribution is -2.78. The topological polar surface area (TPSA) is 59.0 Å². The number of carbonyl (C=O) groups is 1. The summed E-state index contributed by atoms with van der Waals surface area (Å²) in [7, 11) is 0. The standard InChI is InChI=1S/C24H33NO4/c1-5-25-19-14-8-16-22(4)7-6-18(29-21(22)25)24(16,19)17-9-15(27)13-10-23(14,17)20(11(13)2)28-12(3)26/h13-21,27H,2,5-10H2,1,3-4H3/t13-,14-,15-,16+,17?,18-,19?,20+,21?,22+,23-,24-/m0/s1. The number of nitrogens with zero attached hydrogens (tertiary/aromatic N) is 1. The minimum absolute atomic E-state index is 0.0552. The van der Waals surface area contributed by atoms with Gasteiger partial charge in [-0.1, -0.05) is 20.4 Å². The summed E-state index contributed by atoms with van der Waals surface area (Å²) < 4.78 is 12.9. The Morgan fingerprint density at radius 3 is 2.90 bits per heavy atom. The molecule has 158 valence electrons. The first-order chi connectivity index (χ1) is 13.8. The van der Waals surface area contributed by atoms with Crippen LogP contribution in [0, 0.1) is 39.9 Å².